The summed E-state index contributed by atoms with van der Waals surface area (Å²) in [4.78, 5) is 15.4. The highest BCUT2D eigenvalue weighted by Crippen LogP contribution is 2.37. The van der Waals surface area contributed by atoms with Gasteiger partial charge >= 0.3 is 12.1 Å². The lowest BCUT2D eigenvalue weighted by Crippen LogP contribution is -2.37. The van der Waals surface area contributed by atoms with Crippen LogP contribution >= 0.6 is 0 Å². The standard InChI is InChI=1S/C13H11F3N4O2/c1-2-22-12(21)9-7-19-20(11(9)13(14,15)16)10-3-4-18-6-8(10)5-17/h3-4,6,19H,2,7H2,1H3. The summed E-state index contributed by atoms with van der Waals surface area (Å²) >= 11 is 0. The second kappa shape index (κ2) is 6.03. The first kappa shape index (κ1) is 15.8. The largest absolute Gasteiger partial charge is 0.463 e. The maximum Gasteiger partial charge on any atom is 0.433 e. The Hall–Kier alpha value is -2.60. The zero-order chi connectivity index (χ0) is 16.3. The third-order valence-electron chi connectivity index (χ3n) is 2.87. The number of nitrogens with one attached hydrogen (secondary N) is 1. The molecule has 0 fully saturated rings. The van der Waals surface area contributed by atoms with Crippen LogP contribution in [0.15, 0.2) is 29.7 Å². The number of halogens is 3. The first-order valence-corrected chi connectivity index (χ1v) is 6.25. The number of alkyl halides is 3. The number of hydrazine groups is 1. The van der Waals surface area contributed by atoms with E-state index in [0.29, 0.717) is 5.01 Å². The van der Waals surface area contributed by atoms with Gasteiger partial charge in [0.1, 0.15) is 6.07 Å². The molecule has 2 rings (SSSR count). The molecule has 0 bridgehead atoms. The first-order valence-electron chi connectivity index (χ1n) is 6.25. The number of hydrogen-bond donors (Lipinski definition) is 1. The van der Waals surface area contributed by atoms with E-state index in [2.05, 4.69) is 15.1 Å². The van der Waals surface area contributed by atoms with Gasteiger partial charge in [-0.05, 0) is 13.0 Å². The third kappa shape index (κ3) is 2.87. The van der Waals surface area contributed by atoms with E-state index in [9.17, 15) is 18.0 Å². The molecule has 0 atom stereocenters. The molecular formula is C13H11F3N4O2. The molecule has 22 heavy (non-hydrogen) atoms. The molecule has 0 unspecified atom stereocenters. The Labute approximate surface area is 123 Å². The third-order valence-corrected chi connectivity index (χ3v) is 2.87. The molecule has 1 aliphatic heterocycles. The summed E-state index contributed by atoms with van der Waals surface area (Å²) in [5.41, 5.74) is 0.643. The molecule has 0 amide bonds. The molecule has 0 saturated heterocycles. The summed E-state index contributed by atoms with van der Waals surface area (Å²) in [6, 6.07) is 3.02. The number of rotatable bonds is 3. The summed E-state index contributed by atoms with van der Waals surface area (Å²) in [6.07, 6.45) is -2.39. The highest BCUT2D eigenvalue weighted by atomic mass is 19.4. The lowest BCUT2D eigenvalue weighted by Gasteiger charge is -2.24. The van der Waals surface area contributed by atoms with Crippen LogP contribution < -0.4 is 10.4 Å². The summed E-state index contributed by atoms with van der Waals surface area (Å²) in [7, 11) is 0. The summed E-state index contributed by atoms with van der Waals surface area (Å²) in [5.74, 6) is -1.04. The van der Waals surface area contributed by atoms with Crippen molar-refractivity contribution in [2.45, 2.75) is 13.1 Å². The molecule has 116 valence electrons. The normalized spacial score (nSPS) is 15.0. The summed E-state index contributed by atoms with van der Waals surface area (Å²) in [6.45, 7) is 1.12. The van der Waals surface area contributed by atoms with E-state index in [0.717, 1.165) is 6.20 Å². The van der Waals surface area contributed by atoms with Crippen LogP contribution in [0.2, 0.25) is 0 Å². The quantitative estimate of drug-likeness (QED) is 0.855. The Morgan fingerprint density at radius 2 is 2.32 bits per heavy atom. The highest BCUT2D eigenvalue weighted by molar-refractivity contribution is 5.92. The van der Waals surface area contributed by atoms with E-state index in [-0.39, 0.29) is 24.4 Å². The number of aromatic nitrogens is 1. The van der Waals surface area contributed by atoms with Crippen molar-refractivity contribution in [2.24, 2.45) is 0 Å². The SMILES string of the molecule is CCOC(=O)C1=C(C(F)(F)F)N(c2ccncc2C#N)NC1. The van der Waals surface area contributed by atoms with E-state index in [1.54, 1.807) is 6.07 Å². The van der Waals surface area contributed by atoms with Crippen molar-refractivity contribution in [3.05, 3.63) is 35.3 Å². The fourth-order valence-electron chi connectivity index (χ4n) is 2.01. The van der Waals surface area contributed by atoms with Crippen molar-refractivity contribution >= 4 is 11.7 Å². The van der Waals surface area contributed by atoms with Crippen molar-refractivity contribution < 1.29 is 22.7 Å². The number of esters is 1. The van der Waals surface area contributed by atoms with Crippen molar-refractivity contribution in [1.29, 1.82) is 5.26 Å². The average molecular weight is 312 g/mol. The second-order valence-electron chi connectivity index (χ2n) is 4.22. The van der Waals surface area contributed by atoms with Gasteiger partial charge in [0.2, 0.25) is 0 Å². The molecule has 6 nitrogen and oxygen atoms in total. The van der Waals surface area contributed by atoms with E-state index < -0.39 is 23.4 Å². The second-order valence-corrected chi connectivity index (χ2v) is 4.22. The van der Waals surface area contributed by atoms with Gasteiger partial charge in [-0.3, -0.25) is 9.99 Å². The molecule has 0 aromatic carbocycles. The van der Waals surface area contributed by atoms with Crippen molar-refractivity contribution in [2.75, 3.05) is 18.2 Å². The molecular weight excluding hydrogens is 301 g/mol. The van der Waals surface area contributed by atoms with E-state index in [4.69, 9.17) is 5.26 Å². The Kier molecular flexibility index (Phi) is 4.32. The van der Waals surface area contributed by atoms with Crippen molar-refractivity contribution in [3.8, 4) is 6.07 Å². The number of nitrogens with zero attached hydrogens (tertiary/aromatic N) is 3. The molecule has 9 heteroatoms. The van der Waals surface area contributed by atoms with E-state index in [1.165, 1.54) is 19.2 Å². The number of pyridine rings is 1. The lowest BCUT2D eigenvalue weighted by molar-refractivity contribution is -0.139. The van der Waals surface area contributed by atoms with Gasteiger partial charge in [0.05, 0.1) is 23.4 Å². The number of allylic oxidation sites excluding steroid dienone is 1. The van der Waals surface area contributed by atoms with Crippen LogP contribution in [0.4, 0.5) is 18.9 Å². The molecule has 0 radical (unpaired) electrons. The van der Waals surface area contributed by atoms with Crippen LogP contribution in [0.3, 0.4) is 0 Å². The summed E-state index contributed by atoms with van der Waals surface area (Å²) < 4.78 is 44.7. The van der Waals surface area contributed by atoms with Gasteiger partial charge in [-0.15, -0.1) is 0 Å². The first-order chi connectivity index (χ1) is 10.4. The zero-order valence-corrected chi connectivity index (χ0v) is 11.4. The van der Waals surface area contributed by atoms with E-state index >= 15 is 0 Å². The summed E-state index contributed by atoms with van der Waals surface area (Å²) in [5, 5.41) is 9.67. The Morgan fingerprint density at radius 1 is 1.59 bits per heavy atom. The topological polar surface area (TPSA) is 78.2 Å². The number of hydrogen-bond acceptors (Lipinski definition) is 6. The highest BCUT2D eigenvalue weighted by Gasteiger charge is 2.46. The predicted octanol–water partition coefficient (Wildman–Crippen LogP) is 1.66. The molecule has 0 saturated carbocycles. The fourth-order valence-corrected chi connectivity index (χ4v) is 2.01. The van der Waals surface area contributed by atoms with Gasteiger partial charge in [-0.25, -0.2) is 10.2 Å². The van der Waals surface area contributed by atoms with Crippen LogP contribution in [0, 0.1) is 11.3 Å². The monoisotopic (exact) mass is 312 g/mol. The number of ether oxygens (including phenoxy) is 1. The Bertz CT molecular complexity index is 664. The molecule has 0 aliphatic carbocycles. The Balaban J connectivity index is 2.54. The number of nitriles is 1. The number of anilines is 1. The minimum atomic E-state index is -4.79. The van der Waals surface area contributed by atoms with Crippen LogP contribution in [0.25, 0.3) is 0 Å². The molecule has 0 spiro atoms. The van der Waals surface area contributed by atoms with Crippen molar-refractivity contribution in [1.82, 2.24) is 10.4 Å². The molecule has 1 aromatic heterocycles. The fraction of sp³-hybridized carbons (Fsp3) is 0.308. The maximum atomic E-state index is 13.3. The lowest BCUT2D eigenvalue weighted by atomic mass is 10.2. The smallest absolute Gasteiger partial charge is 0.433 e. The van der Waals surface area contributed by atoms with Gasteiger partial charge in [-0.2, -0.15) is 18.4 Å². The predicted molar refractivity (Wildman–Crippen MR) is 69.1 cm³/mol. The molecule has 1 N–H and O–H groups in total. The molecule has 1 aliphatic rings. The number of carbonyl (C=O) groups is 1. The van der Waals surface area contributed by atoms with Gasteiger partial charge < -0.3 is 4.74 Å². The van der Waals surface area contributed by atoms with Gasteiger partial charge in [0, 0.05) is 18.9 Å². The Morgan fingerprint density at radius 3 is 2.91 bits per heavy atom. The minimum Gasteiger partial charge on any atom is -0.463 e. The zero-order valence-electron chi connectivity index (χ0n) is 11.4. The van der Waals surface area contributed by atoms with E-state index in [1.807, 2.05) is 0 Å². The minimum absolute atomic E-state index is 0.0355. The molecule has 2 heterocycles. The van der Waals surface area contributed by atoms with Gasteiger partial charge in [-0.1, -0.05) is 0 Å². The van der Waals surface area contributed by atoms with Gasteiger partial charge in [0.15, 0.2) is 5.70 Å². The molecule has 1 aromatic rings. The maximum absolute atomic E-state index is 13.3. The van der Waals surface area contributed by atoms with Crippen LogP contribution in [-0.4, -0.2) is 30.3 Å². The number of carbonyl (C=O) groups excluding carboxylic acids is 1. The van der Waals surface area contributed by atoms with Crippen LogP contribution in [-0.2, 0) is 9.53 Å². The van der Waals surface area contributed by atoms with Crippen LogP contribution in [0.1, 0.15) is 12.5 Å². The van der Waals surface area contributed by atoms with Crippen LogP contribution in [0.5, 0.6) is 0 Å². The average Bonchev–Trinajstić information content (AvgIpc) is 2.92. The van der Waals surface area contributed by atoms with Crippen molar-refractivity contribution in [3.63, 3.8) is 0 Å². The van der Waals surface area contributed by atoms with Gasteiger partial charge in [0.25, 0.3) is 0 Å².